The average molecular weight is 365 g/mol. The Morgan fingerprint density at radius 1 is 0.909 bits per heavy atom. The van der Waals surface area contributed by atoms with Gasteiger partial charge in [-0.1, -0.05) is 22.4 Å². The second-order valence-electron chi connectivity index (χ2n) is 6.11. The first kappa shape index (κ1) is 15.5. The summed E-state index contributed by atoms with van der Waals surface area (Å²) in [7, 11) is 0. The molecular weight excluding hydrogens is 344 g/mol. The molecule has 5 heteroatoms. The molecule has 4 nitrogen and oxygen atoms in total. The van der Waals surface area contributed by atoms with Crippen LogP contribution in [-0.4, -0.2) is 47.8 Å². The molecule has 0 atom stereocenters. The van der Waals surface area contributed by atoms with Crippen molar-refractivity contribution < 1.29 is 9.59 Å². The van der Waals surface area contributed by atoms with Gasteiger partial charge in [-0.3, -0.25) is 9.59 Å². The Kier molecular flexibility index (Phi) is 4.81. The molecule has 0 N–H and O–H groups in total. The molecule has 1 aliphatic carbocycles. The van der Waals surface area contributed by atoms with E-state index in [0.717, 1.165) is 36.8 Å². The van der Waals surface area contributed by atoms with Gasteiger partial charge in [0.15, 0.2) is 0 Å². The van der Waals surface area contributed by atoms with Crippen LogP contribution in [0.2, 0.25) is 0 Å². The van der Waals surface area contributed by atoms with E-state index in [0.29, 0.717) is 24.6 Å². The van der Waals surface area contributed by atoms with Crippen LogP contribution in [-0.2, 0) is 4.79 Å². The van der Waals surface area contributed by atoms with Crippen LogP contribution >= 0.6 is 15.9 Å². The summed E-state index contributed by atoms with van der Waals surface area (Å²) in [5, 5.41) is 0. The van der Waals surface area contributed by atoms with Gasteiger partial charge in [0.25, 0.3) is 5.91 Å². The molecule has 2 aliphatic rings. The molecular formula is C17H21BrN2O2. The summed E-state index contributed by atoms with van der Waals surface area (Å²) in [6, 6.07) is 7.46. The molecule has 118 valence electrons. The van der Waals surface area contributed by atoms with Gasteiger partial charge in [0.2, 0.25) is 5.91 Å². The maximum atomic E-state index is 12.5. The SMILES string of the molecule is O=C(c1ccc(Br)cc1)N1CCCN(C(=O)C2CCC2)CC1. The third-order valence-corrected chi connectivity index (χ3v) is 5.17. The topological polar surface area (TPSA) is 40.6 Å². The summed E-state index contributed by atoms with van der Waals surface area (Å²) in [6.07, 6.45) is 4.12. The predicted molar refractivity (Wildman–Crippen MR) is 88.6 cm³/mol. The lowest BCUT2D eigenvalue weighted by Crippen LogP contribution is -2.41. The fraction of sp³-hybridized carbons (Fsp3) is 0.529. The lowest BCUT2D eigenvalue weighted by atomic mass is 9.84. The molecule has 1 saturated carbocycles. The second kappa shape index (κ2) is 6.82. The first-order valence-corrected chi connectivity index (χ1v) is 8.78. The van der Waals surface area contributed by atoms with E-state index in [4.69, 9.17) is 0 Å². The van der Waals surface area contributed by atoms with Crippen LogP contribution in [0.25, 0.3) is 0 Å². The molecule has 2 fully saturated rings. The van der Waals surface area contributed by atoms with Crippen LogP contribution in [0.4, 0.5) is 0 Å². The van der Waals surface area contributed by atoms with Crippen molar-refractivity contribution in [3.63, 3.8) is 0 Å². The average Bonchev–Trinajstić information content (AvgIpc) is 2.71. The molecule has 0 unspecified atom stereocenters. The molecule has 1 aliphatic heterocycles. The second-order valence-corrected chi connectivity index (χ2v) is 7.02. The molecule has 3 rings (SSSR count). The van der Waals surface area contributed by atoms with E-state index >= 15 is 0 Å². The fourth-order valence-corrected chi connectivity index (χ4v) is 3.29. The van der Waals surface area contributed by atoms with E-state index in [1.807, 2.05) is 34.1 Å². The number of hydrogen-bond donors (Lipinski definition) is 0. The normalized spacial score (nSPS) is 19.5. The number of carbonyl (C=O) groups is 2. The predicted octanol–water partition coefficient (Wildman–Crippen LogP) is 2.92. The molecule has 2 amide bonds. The molecule has 22 heavy (non-hydrogen) atoms. The highest BCUT2D eigenvalue weighted by atomic mass is 79.9. The van der Waals surface area contributed by atoms with Crippen molar-refractivity contribution in [2.45, 2.75) is 25.7 Å². The highest BCUT2D eigenvalue weighted by Gasteiger charge is 2.31. The van der Waals surface area contributed by atoms with Gasteiger partial charge < -0.3 is 9.80 Å². The van der Waals surface area contributed by atoms with Crippen LogP contribution in [0.3, 0.4) is 0 Å². The maximum absolute atomic E-state index is 12.5. The van der Waals surface area contributed by atoms with Gasteiger partial charge >= 0.3 is 0 Å². The zero-order valence-corrected chi connectivity index (χ0v) is 14.2. The maximum Gasteiger partial charge on any atom is 0.253 e. The van der Waals surface area contributed by atoms with Crippen LogP contribution in [0, 0.1) is 5.92 Å². The summed E-state index contributed by atoms with van der Waals surface area (Å²) in [5.41, 5.74) is 0.710. The van der Waals surface area contributed by atoms with Crippen molar-refractivity contribution >= 4 is 27.7 Å². The Balaban J connectivity index is 1.60. The Labute approximate surface area is 139 Å². The first-order chi connectivity index (χ1) is 10.6. The smallest absolute Gasteiger partial charge is 0.253 e. The zero-order chi connectivity index (χ0) is 15.5. The number of hydrogen-bond acceptors (Lipinski definition) is 2. The number of benzene rings is 1. The van der Waals surface area contributed by atoms with Crippen molar-refractivity contribution in [3.05, 3.63) is 34.3 Å². The zero-order valence-electron chi connectivity index (χ0n) is 12.6. The van der Waals surface area contributed by atoms with Gasteiger partial charge in [0.1, 0.15) is 0 Å². The lowest BCUT2D eigenvalue weighted by molar-refractivity contribution is -0.138. The highest BCUT2D eigenvalue weighted by Crippen LogP contribution is 2.28. The van der Waals surface area contributed by atoms with Gasteiger partial charge in [-0.15, -0.1) is 0 Å². The quantitative estimate of drug-likeness (QED) is 0.809. The van der Waals surface area contributed by atoms with E-state index in [9.17, 15) is 9.59 Å². The van der Waals surface area contributed by atoms with E-state index in [2.05, 4.69) is 15.9 Å². The molecule has 0 bridgehead atoms. The largest absolute Gasteiger partial charge is 0.341 e. The van der Waals surface area contributed by atoms with Crippen molar-refractivity contribution in [3.8, 4) is 0 Å². The number of rotatable bonds is 2. The minimum absolute atomic E-state index is 0.0606. The molecule has 1 saturated heterocycles. The van der Waals surface area contributed by atoms with Crippen LogP contribution in [0.1, 0.15) is 36.0 Å². The number of carbonyl (C=O) groups excluding carboxylic acids is 2. The van der Waals surface area contributed by atoms with E-state index in [-0.39, 0.29) is 11.8 Å². The molecule has 0 spiro atoms. The number of halogens is 1. The van der Waals surface area contributed by atoms with Crippen LogP contribution in [0.5, 0.6) is 0 Å². The van der Waals surface area contributed by atoms with Crippen molar-refractivity contribution in [2.24, 2.45) is 5.92 Å². The summed E-state index contributed by atoms with van der Waals surface area (Å²) in [4.78, 5) is 28.7. The Bertz CT molecular complexity index is 554. The summed E-state index contributed by atoms with van der Waals surface area (Å²) in [6.45, 7) is 2.80. The van der Waals surface area contributed by atoms with Crippen molar-refractivity contribution in [2.75, 3.05) is 26.2 Å². The molecule has 1 heterocycles. The van der Waals surface area contributed by atoms with Crippen molar-refractivity contribution in [1.29, 1.82) is 0 Å². The summed E-state index contributed by atoms with van der Waals surface area (Å²) >= 11 is 3.38. The molecule has 1 aromatic carbocycles. The monoisotopic (exact) mass is 364 g/mol. The van der Waals surface area contributed by atoms with Gasteiger partial charge in [-0.2, -0.15) is 0 Å². The molecule has 0 aromatic heterocycles. The minimum Gasteiger partial charge on any atom is -0.341 e. The Hall–Kier alpha value is -1.36. The van der Waals surface area contributed by atoms with E-state index in [1.165, 1.54) is 6.42 Å². The fourth-order valence-electron chi connectivity index (χ4n) is 3.03. The Morgan fingerprint density at radius 3 is 2.18 bits per heavy atom. The highest BCUT2D eigenvalue weighted by molar-refractivity contribution is 9.10. The van der Waals surface area contributed by atoms with E-state index < -0.39 is 0 Å². The van der Waals surface area contributed by atoms with Gasteiger partial charge in [0.05, 0.1) is 0 Å². The van der Waals surface area contributed by atoms with E-state index in [1.54, 1.807) is 0 Å². The third-order valence-electron chi connectivity index (χ3n) is 4.64. The standard InChI is InChI=1S/C17H21BrN2O2/c18-15-7-5-14(6-8-15)17(22)20-10-2-9-19(11-12-20)16(21)13-3-1-4-13/h5-8,13H,1-4,9-12H2. The summed E-state index contributed by atoms with van der Waals surface area (Å²) < 4.78 is 0.970. The van der Waals surface area contributed by atoms with Gasteiger partial charge in [0, 0.05) is 42.1 Å². The van der Waals surface area contributed by atoms with Crippen molar-refractivity contribution in [1.82, 2.24) is 9.80 Å². The first-order valence-electron chi connectivity index (χ1n) is 7.99. The van der Waals surface area contributed by atoms with Crippen LogP contribution in [0.15, 0.2) is 28.7 Å². The molecule has 1 aromatic rings. The Morgan fingerprint density at radius 2 is 1.55 bits per heavy atom. The molecule has 0 radical (unpaired) electrons. The summed E-state index contributed by atoms with van der Waals surface area (Å²) in [5.74, 6) is 0.600. The van der Waals surface area contributed by atoms with Gasteiger partial charge in [-0.25, -0.2) is 0 Å². The van der Waals surface area contributed by atoms with Crippen LogP contribution < -0.4 is 0 Å². The number of nitrogens with zero attached hydrogens (tertiary/aromatic N) is 2. The lowest BCUT2D eigenvalue weighted by Gasteiger charge is -2.31. The van der Waals surface area contributed by atoms with Gasteiger partial charge in [-0.05, 0) is 43.5 Å². The third kappa shape index (κ3) is 3.35. The number of amides is 2. The minimum atomic E-state index is 0.0606.